The van der Waals surface area contributed by atoms with E-state index in [0.717, 1.165) is 12.8 Å². The molecule has 4 nitrogen and oxygen atoms in total. The lowest BCUT2D eigenvalue weighted by Crippen LogP contribution is -2.44. The third-order valence-electron chi connectivity index (χ3n) is 2.31. The van der Waals surface area contributed by atoms with Crippen LogP contribution in [0.15, 0.2) is 0 Å². The summed E-state index contributed by atoms with van der Waals surface area (Å²) in [6.45, 7) is 2.24. The Labute approximate surface area is 71.4 Å². The molecule has 66 valence electrons. The third kappa shape index (κ3) is 1.67. The van der Waals surface area contributed by atoms with Crippen LogP contribution >= 0.6 is 0 Å². The highest BCUT2D eigenvalue weighted by Gasteiger charge is 2.28. The van der Waals surface area contributed by atoms with Gasteiger partial charge in [0.25, 0.3) is 0 Å². The third-order valence-corrected chi connectivity index (χ3v) is 2.31. The van der Waals surface area contributed by atoms with Crippen LogP contribution in [0.2, 0.25) is 0 Å². The molecule has 1 aliphatic rings. The van der Waals surface area contributed by atoms with Gasteiger partial charge in [0.05, 0.1) is 12.0 Å². The SMILES string of the molecule is C[C@H]1CC[C@@H](C#N)CN1C(=O)O. The fraction of sp³-hybridized carbons (Fsp3) is 0.750. The first-order valence-electron chi connectivity index (χ1n) is 4.04. The number of hydrogen-bond donors (Lipinski definition) is 1. The van der Waals surface area contributed by atoms with Gasteiger partial charge in [-0.1, -0.05) is 0 Å². The molecule has 2 atom stereocenters. The van der Waals surface area contributed by atoms with Gasteiger partial charge in [-0.15, -0.1) is 0 Å². The maximum absolute atomic E-state index is 10.6. The van der Waals surface area contributed by atoms with E-state index in [1.54, 1.807) is 0 Å². The van der Waals surface area contributed by atoms with E-state index in [-0.39, 0.29) is 12.0 Å². The molecule has 0 saturated carbocycles. The monoisotopic (exact) mass is 168 g/mol. The molecule has 0 aliphatic carbocycles. The van der Waals surface area contributed by atoms with Crippen molar-refractivity contribution in [1.29, 1.82) is 5.26 Å². The first-order chi connectivity index (χ1) is 5.65. The maximum atomic E-state index is 10.6. The fourth-order valence-corrected chi connectivity index (χ4v) is 1.48. The lowest BCUT2D eigenvalue weighted by atomic mass is 9.95. The number of likely N-dealkylation sites (tertiary alicyclic amines) is 1. The Kier molecular flexibility index (Phi) is 2.54. The van der Waals surface area contributed by atoms with E-state index in [0.29, 0.717) is 6.54 Å². The van der Waals surface area contributed by atoms with Crippen LogP contribution in [0.3, 0.4) is 0 Å². The lowest BCUT2D eigenvalue weighted by molar-refractivity contribution is 0.102. The molecule has 1 N–H and O–H groups in total. The van der Waals surface area contributed by atoms with Gasteiger partial charge in [-0.3, -0.25) is 0 Å². The van der Waals surface area contributed by atoms with Crippen LogP contribution in [0, 0.1) is 17.2 Å². The van der Waals surface area contributed by atoms with Gasteiger partial charge in [0, 0.05) is 12.6 Å². The topological polar surface area (TPSA) is 64.3 Å². The second kappa shape index (κ2) is 3.44. The van der Waals surface area contributed by atoms with Crippen LogP contribution in [-0.2, 0) is 0 Å². The Morgan fingerprint density at radius 2 is 2.33 bits per heavy atom. The minimum absolute atomic E-state index is 0.0621. The molecule has 1 amide bonds. The van der Waals surface area contributed by atoms with E-state index in [1.165, 1.54) is 4.90 Å². The Morgan fingerprint density at radius 1 is 1.67 bits per heavy atom. The molecule has 1 aliphatic heterocycles. The van der Waals surface area contributed by atoms with Crippen molar-refractivity contribution >= 4 is 6.09 Å². The molecule has 0 aromatic heterocycles. The first kappa shape index (κ1) is 8.85. The molecule has 1 fully saturated rings. The molecule has 1 rings (SSSR count). The molecule has 4 heteroatoms. The molecule has 0 spiro atoms. The molecule has 0 aromatic carbocycles. The molecule has 0 radical (unpaired) electrons. The van der Waals surface area contributed by atoms with Crippen LogP contribution < -0.4 is 0 Å². The minimum Gasteiger partial charge on any atom is -0.465 e. The Balaban J connectivity index is 2.60. The van der Waals surface area contributed by atoms with Gasteiger partial charge < -0.3 is 10.0 Å². The number of hydrogen-bond acceptors (Lipinski definition) is 2. The van der Waals surface area contributed by atoms with Crippen molar-refractivity contribution in [2.75, 3.05) is 6.54 Å². The van der Waals surface area contributed by atoms with E-state index < -0.39 is 6.09 Å². The smallest absolute Gasteiger partial charge is 0.407 e. The van der Waals surface area contributed by atoms with Gasteiger partial charge in [-0.05, 0) is 19.8 Å². The van der Waals surface area contributed by atoms with Gasteiger partial charge >= 0.3 is 6.09 Å². The van der Waals surface area contributed by atoms with Crippen molar-refractivity contribution < 1.29 is 9.90 Å². The second-order valence-electron chi connectivity index (χ2n) is 3.19. The summed E-state index contributed by atoms with van der Waals surface area (Å²) < 4.78 is 0. The van der Waals surface area contributed by atoms with Crippen molar-refractivity contribution in [2.24, 2.45) is 5.92 Å². The molecule has 0 unspecified atom stereocenters. The summed E-state index contributed by atoms with van der Waals surface area (Å²) in [7, 11) is 0. The molecular weight excluding hydrogens is 156 g/mol. The molecular formula is C8H12N2O2. The normalized spacial score (nSPS) is 29.5. The summed E-state index contributed by atoms with van der Waals surface area (Å²) in [5.41, 5.74) is 0. The van der Waals surface area contributed by atoms with Crippen LogP contribution in [0.5, 0.6) is 0 Å². The summed E-state index contributed by atoms with van der Waals surface area (Å²) in [5, 5.41) is 17.3. The molecule has 1 saturated heterocycles. The van der Waals surface area contributed by atoms with Gasteiger partial charge in [-0.2, -0.15) is 5.26 Å². The average Bonchev–Trinajstić information content (AvgIpc) is 2.05. The number of carbonyl (C=O) groups is 1. The predicted molar refractivity (Wildman–Crippen MR) is 42.5 cm³/mol. The van der Waals surface area contributed by atoms with Gasteiger partial charge in [0.2, 0.25) is 0 Å². The van der Waals surface area contributed by atoms with Crippen LogP contribution in [0.4, 0.5) is 4.79 Å². The zero-order chi connectivity index (χ0) is 9.14. The summed E-state index contributed by atoms with van der Waals surface area (Å²) in [6.07, 6.45) is 0.703. The molecule has 12 heavy (non-hydrogen) atoms. The van der Waals surface area contributed by atoms with E-state index in [2.05, 4.69) is 6.07 Å². The zero-order valence-corrected chi connectivity index (χ0v) is 7.03. The number of nitrogens with zero attached hydrogens (tertiary/aromatic N) is 2. The van der Waals surface area contributed by atoms with Crippen molar-refractivity contribution in [3.63, 3.8) is 0 Å². The highest BCUT2D eigenvalue weighted by molar-refractivity contribution is 5.65. The lowest BCUT2D eigenvalue weighted by Gasteiger charge is -2.33. The summed E-state index contributed by atoms with van der Waals surface area (Å²) >= 11 is 0. The van der Waals surface area contributed by atoms with E-state index >= 15 is 0 Å². The molecule has 0 bridgehead atoms. The largest absolute Gasteiger partial charge is 0.465 e. The first-order valence-corrected chi connectivity index (χ1v) is 4.04. The Bertz CT molecular complexity index is 222. The van der Waals surface area contributed by atoms with Crippen LogP contribution in [-0.4, -0.2) is 28.7 Å². The number of piperidine rings is 1. The molecule has 0 aromatic rings. The van der Waals surface area contributed by atoms with Gasteiger partial charge in [0.1, 0.15) is 0 Å². The molecule has 1 heterocycles. The highest BCUT2D eigenvalue weighted by atomic mass is 16.4. The Morgan fingerprint density at radius 3 is 2.83 bits per heavy atom. The van der Waals surface area contributed by atoms with Crippen molar-refractivity contribution in [2.45, 2.75) is 25.8 Å². The second-order valence-corrected chi connectivity index (χ2v) is 3.19. The number of amides is 1. The maximum Gasteiger partial charge on any atom is 0.407 e. The number of nitriles is 1. The van der Waals surface area contributed by atoms with E-state index in [1.807, 2.05) is 6.92 Å². The standard InChI is InChI=1S/C8H12N2O2/c1-6-2-3-7(4-9)5-10(6)8(11)12/h6-7H,2-3,5H2,1H3,(H,11,12)/t6-,7-/m0/s1. The van der Waals surface area contributed by atoms with Gasteiger partial charge in [-0.25, -0.2) is 4.79 Å². The highest BCUT2D eigenvalue weighted by Crippen LogP contribution is 2.20. The zero-order valence-electron chi connectivity index (χ0n) is 7.03. The minimum atomic E-state index is -0.914. The van der Waals surface area contributed by atoms with Gasteiger partial charge in [0.15, 0.2) is 0 Å². The number of rotatable bonds is 0. The van der Waals surface area contributed by atoms with Crippen LogP contribution in [0.1, 0.15) is 19.8 Å². The quantitative estimate of drug-likeness (QED) is 0.592. The van der Waals surface area contributed by atoms with Crippen molar-refractivity contribution in [3.8, 4) is 6.07 Å². The summed E-state index contributed by atoms with van der Waals surface area (Å²) in [5.74, 6) is -0.114. The summed E-state index contributed by atoms with van der Waals surface area (Å²) in [4.78, 5) is 12.0. The van der Waals surface area contributed by atoms with Crippen LogP contribution in [0.25, 0.3) is 0 Å². The predicted octanol–water partition coefficient (Wildman–Crippen LogP) is 1.29. The summed E-state index contributed by atoms with van der Waals surface area (Å²) in [6, 6.07) is 2.17. The Hall–Kier alpha value is -1.24. The van der Waals surface area contributed by atoms with E-state index in [4.69, 9.17) is 10.4 Å². The average molecular weight is 168 g/mol. The van der Waals surface area contributed by atoms with Crippen molar-refractivity contribution in [1.82, 2.24) is 4.90 Å². The van der Waals surface area contributed by atoms with E-state index in [9.17, 15) is 4.79 Å². The fourth-order valence-electron chi connectivity index (χ4n) is 1.48. The number of carboxylic acid groups (broad SMARTS) is 1. The van der Waals surface area contributed by atoms with Crippen molar-refractivity contribution in [3.05, 3.63) is 0 Å².